The largest absolute Gasteiger partial charge is 0.573 e. The second-order valence-corrected chi connectivity index (χ2v) is 5.68. The predicted octanol–water partition coefficient (Wildman–Crippen LogP) is 4.84. The molecule has 2 aromatic carbocycles. The van der Waals surface area contributed by atoms with Gasteiger partial charge in [-0.2, -0.15) is 0 Å². The van der Waals surface area contributed by atoms with Crippen LogP contribution in [-0.2, 0) is 0 Å². The van der Waals surface area contributed by atoms with Crippen molar-refractivity contribution in [2.24, 2.45) is 0 Å². The fourth-order valence-electron chi connectivity index (χ4n) is 2.27. The lowest BCUT2D eigenvalue weighted by Gasteiger charge is -2.16. The monoisotopic (exact) mass is 311 g/mol. The molecule has 110 valence electrons. The average Bonchev–Trinajstić information content (AvgIpc) is 2.81. The van der Waals surface area contributed by atoms with Crippen molar-refractivity contribution in [3.05, 3.63) is 54.1 Å². The van der Waals surface area contributed by atoms with E-state index in [1.807, 2.05) is 24.3 Å². The van der Waals surface area contributed by atoms with Crippen LogP contribution in [0, 0.1) is 0 Å². The number of rotatable bonds is 3. The quantitative estimate of drug-likeness (QED) is 0.876. The zero-order valence-electron chi connectivity index (χ0n) is 10.9. The van der Waals surface area contributed by atoms with Crippen LogP contribution in [-0.4, -0.2) is 12.1 Å². The van der Waals surface area contributed by atoms with E-state index in [1.54, 1.807) is 17.8 Å². The highest BCUT2D eigenvalue weighted by Crippen LogP contribution is 2.39. The Kier molecular flexibility index (Phi) is 3.71. The maximum Gasteiger partial charge on any atom is 0.573 e. The third-order valence-electron chi connectivity index (χ3n) is 3.11. The van der Waals surface area contributed by atoms with Crippen molar-refractivity contribution in [1.82, 2.24) is 0 Å². The number of hydrogen-bond acceptors (Lipinski definition) is 3. The molecule has 0 bridgehead atoms. The first-order chi connectivity index (χ1) is 10.0. The molecule has 3 rings (SSSR count). The summed E-state index contributed by atoms with van der Waals surface area (Å²) in [5.74, 6) is 0.635. The number of hydrogen-bond donors (Lipinski definition) is 1. The average molecular weight is 311 g/mol. The summed E-state index contributed by atoms with van der Waals surface area (Å²) in [5, 5.41) is 3.26. The highest BCUT2D eigenvalue weighted by atomic mass is 32.2. The molecule has 1 atom stereocenters. The van der Waals surface area contributed by atoms with E-state index >= 15 is 0 Å². The SMILES string of the molecule is FC(F)(F)Oc1cccc(NC2CSc3ccccc32)c1. The standard InChI is InChI=1S/C15H12F3NOS/c16-15(17,18)20-11-5-3-4-10(8-11)19-13-9-21-14-7-2-1-6-12(13)14/h1-8,13,19H,9H2. The molecule has 0 radical (unpaired) electrons. The number of nitrogens with one attached hydrogen (secondary N) is 1. The van der Waals surface area contributed by atoms with Gasteiger partial charge in [-0.15, -0.1) is 24.9 Å². The van der Waals surface area contributed by atoms with E-state index in [0.29, 0.717) is 5.69 Å². The van der Waals surface area contributed by atoms with Crippen LogP contribution in [0.3, 0.4) is 0 Å². The Morgan fingerprint density at radius 3 is 2.71 bits per heavy atom. The van der Waals surface area contributed by atoms with E-state index in [-0.39, 0.29) is 11.8 Å². The zero-order valence-corrected chi connectivity index (χ0v) is 11.7. The Balaban J connectivity index is 1.76. The molecule has 2 nitrogen and oxygen atoms in total. The van der Waals surface area contributed by atoms with Crippen molar-refractivity contribution in [3.8, 4) is 5.75 Å². The van der Waals surface area contributed by atoms with Gasteiger partial charge < -0.3 is 10.1 Å². The number of thioether (sulfide) groups is 1. The molecule has 0 saturated heterocycles. The van der Waals surface area contributed by atoms with Crippen molar-refractivity contribution in [2.75, 3.05) is 11.1 Å². The van der Waals surface area contributed by atoms with Crippen LogP contribution in [0.15, 0.2) is 53.4 Å². The molecule has 0 amide bonds. The van der Waals surface area contributed by atoms with Gasteiger partial charge in [-0.1, -0.05) is 24.3 Å². The summed E-state index contributed by atoms with van der Waals surface area (Å²) in [5.41, 5.74) is 1.78. The summed E-state index contributed by atoms with van der Waals surface area (Å²) in [6.07, 6.45) is -4.67. The molecule has 21 heavy (non-hydrogen) atoms. The maximum absolute atomic E-state index is 12.2. The Labute approximate surface area is 124 Å². The van der Waals surface area contributed by atoms with E-state index in [4.69, 9.17) is 0 Å². The second kappa shape index (κ2) is 5.52. The molecule has 2 aromatic rings. The van der Waals surface area contributed by atoms with Gasteiger partial charge in [0.15, 0.2) is 0 Å². The molecular weight excluding hydrogens is 299 g/mol. The number of anilines is 1. The van der Waals surface area contributed by atoms with Gasteiger partial charge in [0.05, 0.1) is 6.04 Å². The first kappa shape index (κ1) is 14.1. The fraction of sp³-hybridized carbons (Fsp3) is 0.200. The minimum absolute atomic E-state index is 0.0901. The normalized spacial score (nSPS) is 17.4. The molecule has 0 fully saturated rings. The van der Waals surface area contributed by atoms with Gasteiger partial charge in [0.2, 0.25) is 0 Å². The van der Waals surface area contributed by atoms with Gasteiger partial charge in [-0.3, -0.25) is 0 Å². The van der Waals surface area contributed by atoms with Crippen LogP contribution in [0.4, 0.5) is 18.9 Å². The highest BCUT2D eigenvalue weighted by Gasteiger charge is 2.31. The van der Waals surface area contributed by atoms with E-state index in [2.05, 4.69) is 10.1 Å². The molecule has 0 saturated carbocycles. The molecule has 1 unspecified atom stereocenters. The Bertz CT molecular complexity index is 645. The number of alkyl halides is 3. The van der Waals surface area contributed by atoms with Gasteiger partial charge in [-0.25, -0.2) is 0 Å². The highest BCUT2D eigenvalue weighted by molar-refractivity contribution is 7.99. The molecule has 0 aliphatic carbocycles. The molecule has 1 aliphatic rings. The van der Waals surface area contributed by atoms with Crippen LogP contribution >= 0.6 is 11.8 Å². The summed E-state index contributed by atoms with van der Waals surface area (Å²) in [7, 11) is 0. The van der Waals surface area contributed by atoms with Crippen molar-refractivity contribution < 1.29 is 17.9 Å². The first-order valence-corrected chi connectivity index (χ1v) is 7.34. The first-order valence-electron chi connectivity index (χ1n) is 6.35. The minimum atomic E-state index is -4.67. The van der Waals surface area contributed by atoms with Crippen LogP contribution in [0.2, 0.25) is 0 Å². The van der Waals surface area contributed by atoms with Crippen molar-refractivity contribution in [1.29, 1.82) is 0 Å². The fourth-order valence-corrected chi connectivity index (χ4v) is 3.43. The van der Waals surface area contributed by atoms with E-state index in [9.17, 15) is 13.2 Å². The number of fused-ring (bicyclic) bond motifs is 1. The summed E-state index contributed by atoms with van der Waals surface area (Å²) in [6, 6.07) is 14.0. The van der Waals surface area contributed by atoms with Gasteiger partial charge >= 0.3 is 6.36 Å². The predicted molar refractivity (Wildman–Crippen MR) is 76.7 cm³/mol. The van der Waals surface area contributed by atoms with Crippen LogP contribution in [0.25, 0.3) is 0 Å². The molecule has 0 spiro atoms. The molecule has 1 N–H and O–H groups in total. The van der Waals surface area contributed by atoms with Crippen LogP contribution < -0.4 is 10.1 Å². The lowest BCUT2D eigenvalue weighted by atomic mass is 10.1. The molecule has 1 heterocycles. The summed E-state index contributed by atoms with van der Waals surface area (Å²) < 4.78 is 40.6. The Hall–Kier alpha value is -1.82. The third kappa shape index (κ3) is 3.44. The zero-order chi connectivity index (χ0) is 14.9. The van der Waals surface area contributed by atoms with Crippen molar-refractivity contribution in [3.63, 3.8) is 0 Å². The topological polar surface area (TPSA) is 21.3 Å². The number of halogens is 3. The van der Waals surface area contributed by atoms with Crippen LogP contribution in [0.5, 0.6) is 5.75 Å². The van der Waals surface area contributed by atoms with Crippen molar-refractivity contribution >= 4 is 17.4 Å². The Morgan fingerprint density at radius 2 is 1.90 bits per heavy atom. The minimum Gasteiger partial charge on any atom is -0.406 e. The molecular formula is C15H12F3NOS. The van der Waals surface area contributed by atoms with Crippen LogP contribution in [0.1, 0.15) is 11.6 Å². The number of benzene rings is 2. The summed E-state index contributed by atoms with van der Waals surface area (Å²) in [4.78, 5) is 1.21. The van der Waals surface area contributed by atoms with E-state index in [1.165, 1.54) is 28.7 Å². The van der Waals surface area contributed by atoms with Gasteiger partial charge in [-0.05, 0) is 23.8 Å². The smallest absolute Gasteiger partial charge is 0.406 e. The lowest BCUT2D eigenvalue weighted by Crippen LogP contribution is -2.17. The Morgan fingerprint density at radius 1 is 1.10 bits per heavy atom. The van der Waals surface area contributed by atoms with Gasteiger partial charge in [0, 0.05) is 22.4 Å². The molecule has 1 aliphatic heterocycles. The van der Waals surface area contributed by atoms with E-state index in [0.717, 1.165) is 5.75 Å². The molecule has 0 aromatic heterocycles. The lowest BCUT2D eigenvalue weighted by molar-refractivity contribution is -0.274. The third-order valence-corrected chi connectivity index (χ3v) is 4.29. The summed E-state index contributed by atoms with van der Waals surface area (Å²) in [6.45, 7) is 0. The summed E-state index contributed by atoms with van der Waals surface area (Å²) >= 11 is 1.74. The van der Waals surface area contributed by atoms with Gasteiger partial charge in [0.1, 0.15) is 5.75 Å². The van der Waals surface area contributed by atoms with Gasteiger partial charge in [0.25, 0.3) is 0 Å². The molecule has 6 heteroatoms. The van der Waals surface area contributed by atoms with Crippen molar-refractivity contribution in [2.45, 2.75) is 17.3 Å². The maximum atomic E-state index is 12.2. The number of ether oxygens (including phenoxy) is 1. The van der Waals surface area contributed by atoms with E-state index < -0.39 is 6.36 Å². The second-order valence-electron chi connectivity index (χ2n) is 4.62.